The van der Waals surface area contributed by atoms with Crippen LogP contribution in [0.15, 0.2) is 35.3 Å². The van der Waals surface area contributed by atoms with Gasteiger partial charge < -0.3 is 15.7 Å². The van der Waals surface area contributed by atoms with Crippen LogP contribution in [-0.4, -0.2) is 15.0 Å². The number of aromatic amines is 2. The van der Waals surface area contributed by atoms with Gasteiger partial charge in [-0.3, -0.25) is 4.79 Å². The number of hydrogen-bond donors (Lipinski definition) is 3. The summed E-state index contributed by atoms with van der Waals surface area (Å²) >= 11 is 5.92. The second kappa shape index (κ2) is 3.89. The molecule has 2 aromatic heterocycles. The number of nitrogens with zero attached hydrogens (tertiary/aromatic N) is 1. The minimum Gasteiger partial charge on any atom is -0.397 e. The SMILES string of the molecule is Nc1cc(Cl)cc2[nH]c(-c3cc[nH]c(=O)c3)nc12. The number of pyridine rings is 1. The third-order valence-electron chi connectivity index (χ3n) is 2.63. The molecule has 0 fully saturated rings. The average Bonchev–Trinajstić information content (AvgIpc) is 2.73. The molecule has 0 atom stereocenters. The lowest BCUT2D eigenvalue weighted by molar-refractivity contribution is 1.22. The number of imidazole rings is 1. The van der Waals surface area contributed by atoms with Gasteiger partial charge in [-0.2, -0.15) is 0 Å². The minimum atomic E-state index is -0.182. The summed E-state index contributed by atoms with van der Waals surface area (Å²) in [5.74, 6) is 0.588. The number of benzene rings is 1. The maximum Gasteiger partial charge on any atom is 0.248 e. The molecule has 6 heteroatoms. The first-order valence-corrected chi connectivity index (χ1v) is 5.65. The van der Waals surface area contributed by atoms with E-state index in [-0.39, 0.29) is 5.56 Å². The van der Waals surface area contributed by atoms with E-state index in [9.17, 15) is 4.79 Å². The third kappa shape index (κ3) is 1.74. The molecule has 1 aromatic carbocycles. The van der Waals surface area contributed by atoms with Gasteiger partial charge in [0, 0.05) is 22.8 Å². The van der Waals surface area contributed by atoms with Gasteiger partial charge in [-0.25, -0.2) is 4.98 Å². The van der Waals surface area contributed by atoms with Crippen molar-refractivity contribution in [1.82, 2.24) is 15.0 Å². The summed E-state index contributed by atoms with van der Waals surface area (Å²) in [6, 6.07) is 6.62. The second-order valence-corrected chi connectivity index (χ2v) is 4.35. The van der Waals surface area contributed by atoms with E-state index >= 15 is 0 Å². The fraction of sp³-hybridized carbons (Fsp3) is 0. The number of halogens is 1. The van der Waals surface area contributed by atoms with Gasteiger partial charge in [0.2, 0.25) is 5.56 Å². The highest BCUT2D eigenvalue weighted by Gasteiger charge is 2.09. The molecule has 0 aliphatic heterocycles. The Bertz CT molecular complexity index is 790. The van der Waals surface area contributed by atoms with Crippen LogP contribution in [0.1, 0.15) is 0 Å². The number of hydrogen-bond acceptors (Lipinski definition) is 3. The summed E-state index contributed by atoms with van der Waals surface area (Å²) in [6.07, 6.45) is 1.57. The van der Waals surface area contributed by atoms with E-state index in [1.165, 1.54) is 6.07 Å². The molecule has 0 spiro atoms. The van der Waals surface area contributed by atoms with E-state index in [4.69, 9.17) is 17.3 Å². The number of nitrogens with two attached hydrogens (primary N) is 1. The van der Waals surface area contributed by atoms with Crippen molar-refractivity contribution in [2.45, 2.75) is 0 Å². The summed E-state index contributed by atoms with van der Waals surface area (Å²) in [6.45, 7) is 0. The number of aromatic nitrogens is 3. The van der Waals surface area contributed by atoms with Crippen LogP contribution in [0.4, 0.5) is 5.69 Å². The van der Waals surface area contributed by atoms with Crippen molar-refractivity contribution in [1.29, 1.82) is 0 Å². The average molecular weight is 261 g/mol. The van der Waals surface area contributed by atoms with E-state index in [2.05, 4.69) is 15.0 Å². The van der Waals surface area contributed by atoms with Crippen molar-refractivity contribution in [2.75, 3.05) is 5.73 Å². The van der Waals surface area contributed by atoms with Crippen LogP contribution in [0.2, 0.25) is 5.02 Å². The number of H-pyrrole nitrogens is 2. The van der Waals surface area contributed by atoms with Gasteiger partial charge in [-0.05, 0) is 18.2 Å². The molecule has 0 amide bonds. The van der Waals surface area contributed by atoms with E-state index < -0.39 is 0 Å². The molecular weight excluding hydrogens is 252 g/mol. The fourth-order valence-electron chi connectivity index (χ4n) is 1.84. The van der Waals surface area contributed by atoms with Crippen LogP contribution in [0.25, 0.3) is 22.4 Å². The quantitative estimate of drug-likeness (QED) is 0.586. The zero-order chi connectivity index (χ0) is 12.7. The molecule has 0 aliphatic carbocycles. The Morgan fingerprint density at radius 2 is 2.11 bits per heavy atom. The first-order valence-electron chi connectivity index (χ1n) is 5.27. The molecule has 0 unspecified atom stereocenters. The first-order chi connectivity index (χ1) is 8.63. The van der Waals surface area contributed by atoms with Crippen molar-refractivity contribution >= 4 is 28.3 Å². The van der Waals surface area contributed by atoms with Crippen LogP contribution in [0, 0.1) is 0 Å². The number of nitrogen functional groups attached to an aromatic ring is 1. The first kappa shape index (κ1) is 10.9. The van der Waals surface area contributed by atoms with Crippen LogP contribution < -0.4 is 11.3 Å². The Labute approximate surface area is 107 Å². The molecule has 0 saturated heterocycles. The zero-order valence-corrected chi connectivity index (χ0v) is 9.95. The predicted octanol–water partition coefficient (Wildman–Crippen LogP) is 2.15. The van der Waals surface area contributed by atoms with Crippen LogP contribution in [-0.2, 0) is 0 Å². The monoisotopic (exact) mass is 260 g/mol. The Morgan fingerprint density at radius 1 is 1.28 bits per heavy atom. The molecule has 0 aliphatic rings. The lowest BCUT2D eigenvalue weighted by Gasteiger charge is -1.94. The standard InChI is InChI=1S/C12H9ClN4O/c13-7-4-8(14)11-9(5-7)16-12(17-11)6-1-2-15-10(18)3-6/h1-5H,14H2,(H,15,18)(H,16,17). The van der Waals surface area contributed by atoms with E-state index in [0.29, 0.717) is 27.6 Å². The second-order valence-electron chi connectivity index (χ2n) is 3.92. The Balaban J connectivity index is 2.25. The number of anilines is 1. The predicted molar refractivity (Wildman–Crippen MR) is 71.6 cm³/mol. The number of nitrogens with one attached hydrogen (secondary N) is 2. The molecule has 3 aromatic rings. The number of fused-ring (bicyclic) bond motifs is 1. The van der Waals surface area contributed by atoms with Crippen LogP contribution in [0.5, 0.6) is 0 Å². The Hall–Kier alpha value is -2.27. The van der Waals surface area contributed by atoms with Gasteiger partial charge in [-0.1, -0.05) is 11.6 Å². The largest absolute Gasteiger partial charge is 0.397 e. The molecule has 4 N–H and O–H groups in total. The van der Waals surface area contributed by atoms with Crippen LogP contribution >= 0.6 is 11.6 Å². The van der Waals surface area contributed by atoms with Gasteiger partial charge in [-0.15, -0.1) is 0 Å². The van der Waals surface area contributed by atoms with Gasteiger partial charge in [0.1, 0.15) is 11.3 Å². The molecule has 0 radical (unpaired) electrons. The highest BCUT2D eigenvalue weighted by atomic mass is 35.5. The normalized spacial score (nSPS) is 10.9. The highest BCUT2D eigenvalue weighted by molar-refractivity contribution is 6.31. The molecule has 2 heterocycles. The smallest absolute Gasteiger partial charge is 0.248 e. The molecule has 0 saturated carbocycles. The van der Waals surface area contributed by atoms with Gasteiger partial charge in [0.25, 0.3) is 0 Å². The zero-order valence-electron chi connectivity index (χ0n) is 9.20. The topological polar surface area (TPSA) is 87.6 Å². The van der Waals surface area contributed by atoms with Crippen molar-refractivity contribution in [2.24, 2.45) is 0 Å². The summed E-state index contributed by atoms with van der Waals surface area (Å²) < 4.78 is 0. The van der Waals surface area contributed by atoms with E-state index in [1.807, 2.05) is 0 Å². The van der Waals surface area contributed by atoms with Crippen molar-refractivity contribution < 1.29 is 0 Å². The molecule has 18 heavy (non-hydrogen) atoms. The van der Waals surface area contributed by atoms with E-state index in [0.717, 1.165) is 5.52 Å². The van der Waals surface area contributed by atoms with Gasteiger partial charge in [0.15, 0.2) is 0 Å². The number of rotatable bonds is 1. The lowest BCUT2D eigenvalue weighted by Crippen LogP contribution is -2.02. The minimum absolute atomic E-state index is 0.182. The molecule has 3 rings (SSSR count). The van der Waals surface area contributed by atoms with Crippen molar-refractivity contribution in [3.63, 3.8) is 0 Å². The highest BCUT2D eigenvalue weighted by Crippen LogP contribution is 2.26. The maximum absolute atomic E-state index is 11.3. The molecule has 0 bridgehead atoms. The molecule has 5 nitrogen and oxygen atoms in total. The molecular formula is C12H9ClN4O. The lowest BCUT2D eigenvalue weighted by atomic mass is 10.2. The summed E-state index contributed by atoms with van der Waals surface area (Å²) in [4.78, 5) is 21.3. The summed E-state index contributed by atoms with van der Waals surface area (Å²) in [7, 11) is 0. The third-order valence-corrected chi connectivity index (χ3v) is 2.85. The van der Waals surface area contributed by atoms with Gasteiger partial charge in [0.05, 0.1) is 11.2 Å². The van der Waals surface area contributed by atoms with Crippen molar-refractivity contribution in [3.05, 3.63) is 45.8 Å². The van der Waals surface area contributed by atoms with Crippen LogP contribution in [0.3, 0.4) is 0 Å². The summed E-state index contributed by atoms with van der Waals surface area (Å²) in [5.41, 5.74) is 8.26. The molecule has 90 valence electrons. The van der Waals surface area contributed by atoms with Gasteiger partial charge >= 0.3 is 0 Å². The Morgan fingerprint density at radius 3 is 2.89 bits per heavy atom. The maximum atomic E-state index is 11.3. The fourth-order valence-corrected chi connectivity index (χ4v) is 2.06. The Kier molecular flexibility index (Phi) is 2.34. The van der Waals surface area contributed by atoms with Crippen molar-refractivity contribution in [3.8, 4) is 11.4 Å². The van der Waals surface area contributed by atoms with E-state index in [1.54, 1.807) is 24.4 Å². The summed E-state index contributed by atoms with van der Waals surface area (Å²) in [5, 5.41) is 0.543.